The van der Waals surface area contributed by atoms with Crippen molar-refractivity contribution in [2.75, 3.05) is 6.54 Å². The topological polar surface area (TPSA) is 325 Å². The van der Waals surface area contributed by atoms with Crippen LogP contribution in [0.15, 0.2) is 41.8 Å². The molecule has 84 heavy (non-hydrogen) atoms. The molecule has 0 bridgehead atoms. The van der Waals surface area contributed by atoms with Gasteiger partial charge in [-0.3, -0.25) is 38.6 Å². The minimum Gasteiger partial charge on any atom is -0.508 e. The molecule has 37 heteroatoms. The van der Waals surface area contributed by atoms with Crippen molar-refractivity contribution in [3.8, 4) is 5.75 Å². The molecule has 13 N–H and O–H groups in total. The molecule has 0 aliphatic carbocycles. The molecule has 2 rings (SSSR count). The van der Waals surface area contributed by atoms with Crippen LogP contribution in [0.3, 0.4) is 0 Å². The van der Waals surface area contributed by atoms with E-state index in [1.807, 2.05) is 5.32 Å². The zero-order valence-electron chi connectivity index (χ0n) is 44.7. The highest BCUT2D eigenvalue weighted by atomic mass is 19.4. The number of carbonyl (C=O) groups excluding carboxylic acids is 6. The number of phenols is 1. The van der Waals surface area contributed by atoms with Crippen LogP contribution in [-0.2, 0) is 46.4 Å². The van der Waals surface area contributed by atoms with E-state index in [0.717, 1.165) is 0 Å². The zero-order chi connectivity index (χ0) is 64.9. The highest BCUT2D eigenvalue weighted by molar-refractivity contribution is 5.97. The van der Waals surface area contributed by atoms with Crippen molar-refractivity contribution in [1.82, 2.24) is 41.9 Å². The molecular weight excluding hydrogens is 1190 g/mol. The molecule has 2 aromatic rings. The van der Waals surface area contributed by atoms with Gasteiger partial charge in [0.15, 0.2) is 5.96 Å². The Kier molecular flexibility index (Phi) is 24.6. The number of carboxylic acid groups (broad SMARTS) is 1. The van der Waals surface area contributed by atoms with Crippen molar-refractivity contribution in [3.63, 3.8) is 0 Å². The number of halogens is 17. The number of benzene rings is 1. The van der Waals surface area contributed by atoms with Crippen molar-refractivity contribution in [2.45, 2.75) is 170 Å². The lowest BCUT2D eigenvalue weighted by Crippen LogP contribution is -2.74. The Bertz CT molecular complexity index is 2610. The molecule has 1 aromatic carbocycles. The predicted molar refractivity (Wildman–Crippen MR) is 258 cm³/mol. The molecule has 1 heterocycles. The number of aromatic amines is 1. The van der Waals surface area contributed by atoms with Crippen molar-refractivity contribution < 1.29 is 118 Å². The van der Waals surface area contributed by atoms with Crippen molar-refractivity contribution in [1.29, 1.82) is 0 Å². The molecule has 1 aromatic heterocycles. The molecule has 476 valence electrons. The number of imidazole rings is 1. The molecular formula is C47H60F17N11O9. The van der Waals surface area contributed by atoms with E-state index < -0.39 is 169 Å². The second-order valence-electron chi connectivity index (χ2n) is 19.6. The van der Waals surface area contributed by atoms with Gasteiger partial charge in [0.2, 0.25) is 35.4 Å². The van der Waals surface area contributed by atoms with E-state index in [2.05, 4.69) is 36.2 Å². The lowest BCUT2D eigenvalue weighted by atomic mass is 9.88. The normalized spacial score (nSPS) is 15.5. The lowest BCUT2D eigenvalue weighted by molar-refractivity contribution is -0.461. The van der Waals surface area contributed by atoms with Gasteiger partial charge in [-0.2, -0.15) is 74.6 Å². The first-order valence-electron chi connectivity index (χ1n) is 24.8. The van der Waals surface area contributed by atoms with Crippen LogP contribution in [0.1, 0.15) is 84.4 Å². The largest absolute Gasteiger partial charge is 0.508 e. The maximum Gasteiger partial charge on any atom is 0.460 e. The van der Waals surface area contributed by atoms with Gasteiger partial charge in [0.1, 0.15) is 36.0 Å². The predicted octanol–water partition coefficient (Wildman–Crippen LogP) is 4.85. The molecule has 0 fully saturated rings. The molecule has 7 atom stereocenters. The van der Waals surface area contributed by atoms with Crippen molar-refractivity contribution in [2.24, 2.45) is 28.3 Å². The number of carbonyl (C=O) groups is 7. The Balaban J connectivity index is 2.47. The smallest absolute Gasteiger partial charge is 0.460 e. The van der Waals surface area contributed by atoms with Crippen LogP contribution in [-0.4, -0.2) is 158 Å². The minimum absolute atomic E-state index is 0.187. The number of aliphatic carboxylic acids is 1. The molecule has 0 saturated heterocycles. The van der Waals surface area contributed by atoms with E-state index in [9.17, 15) is 118 Å². The Hall–Kier alpha value is -7.40. The fraction of sp³-hybridized carbons (Fsp3) is 0.638. The van der Waals surface area contributed by atoms with E-state index >= 15 is 0 Å². The third-order valence-electron chi connectivity index (χ3n) is 12.6. The quantitative estimate of drug-likeness (QED) is 0.0198. The van der Waals surface area contributed by atoms with Crippen LogP contribution >= 0.6 is 0 Å². The maximum atomic E-state index is 14.7. The summed E-state index contributed by atoms with van der Waals surface area (Å²) in [4.78, 5) is 105. The fourth-order valence-electron chi connectivity index (χ4n) is 7.51. The molecule has 6 amide bonds. The number of rotatable bonds is 33. The van der Waals surface area contributed by atoms with E-state index in [4.69, 9.17) is 11.5 Å². The standard InChI is InChI=1S/C47H60F17N11O9/c1-6-22(4)33(38(84)70-23(5)16-25-19-67-20-69-25)75-36(82)28(17-24-9-11-26(76)12-10-24)73-37(83)32(21(2)3)74-34(80)27(8-7-15-68-39(65)66)72-35(81)29(18-31(78)79)71-30(77)13-14-40(48,49)41(50,51)42(52,53)43(54,55)44(56,57)45(58,59)46(60,61)47(62,63)64/h9-12,19-23,27-29,32-33,76H,6-8,13-18H2,1-5H3,(H,67,69)(H,70,84)(H,71,77)(H,72,81)(H,73,83)(H,74,80)(H,75,82)(H,78,79)(H4,65,66,68)/t22-,23+,27-,28-,29-,32-,33-/m0/s1. The number of guanidine groups is 1. The van der Waals surface area contributed by atoms with E-state index in [-0.39, 0.29) is 25.1 Å². The third-order valence-corrected chi connectivity index (χ3v) is 12.6. The number of aliphatic imine (C=N–C) groups is 1. The van der Waals surface area contributed by atoms with Gasteiger partial charge in [0, 0.05) is 50.2 Å². The number of phenolic OH excluding ortho intramolecular Hbond substituents is 1. The number of nitrogens with one attached hydrogen (secondary N) is 7. The van der Waals surface area contributed by atoms with Gasteiger partial charge in [-0.15, -0.1) is 0 Å². The summed E-state index contributed by atoms with van der Waals surface area (Å²) in [6.07, 6.45) is -12.9. The van der Waals surface area contributed by atoms with Crippen LogP contribution < -0.4 is 43.4 Å². The van der Waals surface area contributed by atoms with Crippen LogP contribution in [0.2, 0.25) is 0 Å². The van der Waals surface area contributed by atoms with Gasteiger partial charge in [0.05, 0.1) is 12.7 Å². The van der Waals surface area contributed by atoms with Gasteiger partial charge in [-0.25, -0.2) is 4.98 Å². The molecule has 0 saturated carbocycles. The highest BCUT2D eigenvalue weighted by Gasteiger charge is 2.95. The second-order valence-corrected chi connectivity index (χ2v) is 19.6. The number of aromatic hydroxyl groups is 1. The Morgan fingerprint density at radius 3 is 1.60 bits per heavy atom. The average Bonchev–Trinajstić information content (AvgIpc) is 1.37. The summed E-state index contributed by atoms with van der Waals surface area (Å²) in [6, 6.07) is -4.27. The zero-order valence-corrected chi connectivity index (χ0v) is 44.7. The number of alkyl halides is 17. The van der Waals surface area contributed by atoms with Crippen LogP contribution in [0.25, 0.3) is 0 Å². The molecule has 20 nitrogen and oxygen atoms in total. The first-order chi connectivity index (χ1) is 38.2. The van der Waals surface area contributed by atoms with Crippen LogP contribution in [0, 0.1) is 11.8 Å². The molecule has 0 radical (unpaired) electrons. The summed E-state index contributed by atoms with van der Waals surface area (Å²) < 4.78 is 235. The number of carboxylic acids is 1. The number of amides is 6. The van der Waals surface area contributed by atoms with Gasteiger partial charge < -0.3 is 58.6 Å². The van der Waals surface area contributed by atoms with E-state index in [1.165, 1.54) is 56.0 Å². The van der Waals surface area contributed by atoms with E-state index in [0.29, 0.717) is 24.1 Å². The number of hydrogen-bond acceptors (Lipinski definition) is 10. The van der Waals surface area contributed by atoms with Crippen molar-refractivity contribution >= 4 is 47.4 Å². The SMILES string of the molecule is CC[C@H](C)[C@H](NC(=O)[C@H](Cc1ccc(O)cc1)NC(=O)[C@@H](NC(=O)[C@H](CCCN=C(N)N)NC(=O)[C@H](CC(=O)O)NC(=O)CCC(F)(F)C(F)(F)C(F)(F)C(F)(F)C(F)(F)C(F)(F)C(F)(F)C(F)(F)F)C(C)C)C(=O)N[C@H](C)Cc1cnc[nH]1. The van der Waals surface area contributed by atoms with E-state index in [1.54, 1.807) is 20.8 Å². The highest BCUT2D eigenvalue weighted by Crippen LogP contribution is 2.64. The van der Waals surface area contributed by atoms with Gasteiger partial charge >= 0.3 is 53.6 Å². The maximum absolute atomic E-state index is 14.7. The summed E-state index contributed by atoms with van der Waals surface area (Å²) in [7, 11) is 0. The van der Waals surface area contributed by atoms with Gasteiger partial charge in [0.25, 0.3) is 0 Å². The number of nitrogens with two attached hydrogens (primary N) is 2. The monoisotopic (exact) mass is 1250 g/mol. The van der Waals surface area contributed by atoms with Crippen LogP contribution in [0.5, 0.6) is 5.75 Å². The summed E-state index contributed by atoms with van der Waals surface area (Å²) in [5, 5.41) is 32.9. The second kappa shape index (κ2) is 28.5. The van der Waals surface area contributed by atoms with Gasteiger partial charge in [-0.1, -0.05) is 46.2 Å². The Morgan fingerprint density at radius 1 is 0.619 bits per heavy atom. The molecule has 0 aliphatic heterocycles. The number of aromatic nitrogens is 2. The Morgan fingerprint density at radius 2 is 1.11 bits per heavy atom. The fourth-order valence-corrected chi connectivity index (χ4v) is 7.51. The van der Waals surface area contributed by atoms with Crippen molar-refractivity contribution in [3.05, 3.63) is 48.0 Å². The lowest BCUT2D eigenvalue weighted by Gasteiger charge is -2.42. The molecule has 0 aliphatic rings. The summed E-state index contributed by atoms with van der Waals surface area (Å²) in [5.74, 6) is -71.0. The number of H-pyrrole nitrogens is 1. The number of nitrogens with zero attached hydrogens (tertiary/aromatic N) is 2. The summed E-state index contributed by atoms with van der Waals surface area (Å²) >= 11 is 0. The average molecular weight is 1250 g/mol. The first-order valence-corrected chi connectivity index (χ1v) is 24.8. The Labute approximate surface area is 465 Å². The third kappa shape index (κ3) is 17.6. The minimum atomic E-state index is -8.91. The van der Waals surface area contributed by atoms with Gasteiger partial charge in [-0.05, 0) is 49.3 Å². The summed E-state index contributed by atoms with van der Waals surface area (Å²) in [5.41, 5.74) is 11.6. The summed E-state index contributed by atoms with van der Waals surface area (Å²) in [6.45, 7) is 7.48. The molecule has 0 spiro atoms. The van der Waals surface area contributed by atoms with Crippen LogP contribution in [0.4, 0.5) is 74.6 Å². The first kappa shape index (κ1) is 72.7. The molecule has 0 unspecified atom stereocenters. The number of hydrogen-bond donors (Lipinski definition) is 11.